The molecule has 8 heteroatoms. The number of terminal acetylenes is 1. The summed E-state index contributed by atoms with van der Waals surface area (Å²) < 4.78 is 7.01. The van der Waals surface area contributed by atoms with E-state index in [0.29, 0.717) is 23.8 Å². The highest BCUT2D eigenvalue weighted by molar-refractivity contribution is 6.29. The standard InChI is InChI=1S/C20H16ClN5O2/c1-3-10-28-14-6-4-13(5-7-14)15-11-18(27)22-20-19(15)12(2)25-26(20)17-9-8-16(21)23-24-17/h1,4-9,15H,10-11H2,2H3,(H,22,27)/t15-/m1/s1. The second-order valence-electron chi connectivity index (χ2n) is 6.34. The van der Waals surface area contributed by atoms with E-state index in [9.17, 15) is 4.79 Å². The Morgan fingerprint density at radius 2 is 2.07 bits per heavy atom. The van der Waals surface area contributed by atoms with Gasteiger partial charge in [0.25, 0.3) is 0 Å². The van der Waals surface area contributed by atoms with Crippen molar-refractivity contribution in [3.63, 3.8) is 0 Å². The van der Waals surface area contributed by atoms with E-state index >= 15 is 0 Å². The fourth-order valence-electron chi connectivity index (χ4n) is 3.34. The van der Waals surface area contributed by atoms with Gasteiger partial charge in [0.15, 0.2) is 11.0 Å². The van der Waals surface area contributed by atoms with Crippen molar-refractivity contribution in [1.29, 1.82) is 0 Å². The van der Waals surface area contributed by atoms with E-state index < -0.39 is 0 Å². The molecule has 7 nitrogen and oxygen atoms in total. The Morgan fingerprint density at radius 1 is 1.29 bits per heavy atom. The molecule has 1 N–H and O–H groups in total. The third kappa shape index (κ3) is 3.30. The number of ether oxygens (including phenoxy) is 1. The Balaban J connectivity index is 1.74. The number of aryl methyl sites for hydroxylation is 1. The molecule has 4 rings (SSSR count). The summed E-state index contributed by atoms with van der Waals surface area (Å²) in [5, 5.41) is 15.7. The first-order chi connectivity index (χ1) is 13.6. The Labute approximate surface area is 166 Å². The summed E-state index contributed by atoms with van der Waals surface area (Å²) in [6.07, 6.45) is 5.55. The number of carbonyl (C=O) groups excluding carboxylic acids is 1. The maximum absolute atomic E-state index is 12.4. The van der Waals surface area contributed by atoms with Crippen LogP contribution in [0.1, 0.15) is 29.2 Å². The minimum Gasteiger partial charge on any atom is -0.481 e. The van der Waals surface area contributed by atoms with Crippen molar-refractivity contribution in [2.45, 2.75) is 19.3 Å². The molecule has 1 aliphatic rings. The monoisotopic (exact) mass is 393 g/mol. The summed E-state index contributed by atoms with van der Waals surface area (Å²) >= 11 is 5.82. The lowest BCUT2D eigenvalue weighted by Gasteiger charge is -2.24. The summed E-state index contributed by atoms with van der Waals surface area (Å²) in [5.41, 5.74) is 2.76. The highest BCUT2D eigenvalue weighted by Gasteiger charge is 2.32. The molecule has 2 aromatic heterocycles. The number of carbonyl (C=O) groups is 1. The number of anilines is 1. The number of amides is 1. The summed E-state index contributed by atoms with van der Waals surface area (Å²) in [6.45, 7) is 2.12. The molecule has 0 aliphatic carbocycles. The first-order valence-electron chi connectivity index (χ1n) is 8.62. The minimum absolute atomic E-state index is 0.0896. The van der Waals surface area contributed by atoms with Crippen LogP contribution in [0.25, 0.3) is 5.82 Å². The van der Waals surface area contributed by atoms with Gasteiger partial charge in [0.1, 0.15) is 18.2 Å². The molecule has 0 unspecified atom stereocenters. The number of hydrogen-bond acceptors (Lipinski definition) is 5. The van der Waals surface area contributed by atoms with Gasteiger partial charge in [-0.15, -0.1) is 16.6 Å². The van der Waals surface area contributed by atoms with Crippen LogP contribution in [-0.4, -0.2) is 32.5 Å². The molecule has 3 heterocycles. The number of halogens is 1. The molecule has 1 aromatic carbocycles. The van der Waals surface area contributed by atoms with E-state index in [2.05, 4.69) is 26.5 Å². The maximum atomic E-state index is 12.4. The Kier molecular flexibility index (Phi) is 4.72. The van der Waals surface area contributed by atoms with Crippen molar-refractivity contribution in [3.8, 4) is 23.9 Å². The van der Waals surface area contributed by atoms with E-state index in [4.69, 9.17) is 22.8 Å². The molecular weight excluding hydrogens is 378 g/mol. The van der Waals surface area contributed by atoms with Gasteiger partial charge in [-0.1, -0.05) is 29.7 Å². The lowest BCUT2D eigenvalue weighted by atomic mass is 9.86. The molecular formula is C20H16ClN5O2. The zero-order chi connectivity index (χ0) is 19.7. The average molecular weight is 394 g/mol. The Bertz CT molecular complexity index is 1070. The zero-order valence-electron chi connectivity index (χ0n) is 15.0. The second-order valence-corrected chi connectivity index (χ2v) is 6.73. The summed E-state index contributed by atoms with van der Waals surface area (Å²) in [6, 6.07) is 10.9. The third-order valence-electron chi connectivity index (χ3n) is 4.54. The predicted octanol–water partition coefficient (Wildman–Crippen LogP) is 3.11. The molecule has 0 saturated heterocycles. The van der Waals surface area contributed by atoms with Crippen LogP contribution in [-0.2, 0) is 4.79 Å². The molecule has 0 bridgehead atoms. The number of rotatable bonds is 4. The highest BCUT2D eigenvalue weighted by atomic mass is 35.5. The first kappa shape index (κ1) is 18.0. The molecule has 0 fully saturated rings. The normalized spacial score (nSPS) is 15.5. The molecule has 0 spiro atoms. The van der Waals surface area contributed by atoms with Gasteiger partial charge >= 0.3 is 0 Å². The fraction of sp³-hybridized carbons (Fsp3) is 0.200. The summed E-state index contributed by atoms with van der Waals surface area (Å²) in [7, 11) is 0. The zero-order valence-corrected chi connectivity index (χ0v) is 15.8. The van der Waals surface area contributed by atoms with Crippen LogP contribution in [0.4, 0.5) is 5.82 Å². The maximum Gasteiger partial charge on any atom is 0.226 e. The Hall–Kier alpha value is -3.37. The van der Waals surface area contributed by atoms with Crippen molar-refractivity contribution in [2.75, 3.05) is 11.9 Å². The van der Waals surface area contributed by atoms with Crippen LogP contribution in [0, 0.1) is 19.3 Å². The molecule has 1 amide bonds. The van der Waals surface area contributed by atoms with Gasteiger partial charge in [-0.05, 0) is 36.8 Å². The number of fused-ring (bicyclic) bond motifs is 1. The molecule has 140 valence electrons. The fourth-order valence-corrected chi connectivity index (χ4v) is 3.44. The van der Waals surface area contributed by atoms with Crippen molar-refractivity contribution < 1.29 is 9.53 Å². The molecule has 0 radical (unpaired) electrons. The summed E-state index contributed by atoms with van der Waals surface area (Å²) in [4.78, 5) is 12.4. The van der Waals surface area contributed by atoms with Gasteiger partial charge in [-0.25, -0.2) is 0 Å². The van der Waals surface area contributed by atoms with E-state index in [1.165, 1.54) is 0 Å². The van der Waals surface area contributed by atoms with Crippen molar-refractivity contribution in [2.24, 2.45) is 0 Å². The largest absolute Gasteiger partial charge is 0.481 e. The van der Waals surface area contributed by atoms with Crippen molar-refractivity contribution in [3.05, 3.63) is 58.4 Å². The smallest absolute Gasteiger partial charge is 0.226 e. The number of nitrogens with one attached hydrogen (secondary N) is 1. The van der Waals surface area contributed by atoms with E-state index in [1.807, 2.05) is 31.2 Å². The van der Waals surface area contributed by atoms with Gasteiger partial charge in [0, 0.05) is 17.9 Å². The van der Waals surface area contributed by atoms with E-state index in [0.717, 1.165) is 16.8 Å². The highest BCUT2D eigenvalue weighted by Crippen LogP contribution is 2.40. The molecule has 28 heavy (non-hydrogen) atoms. The molecule has 1 atom stereocenters. The van der Waals surface area contributed by atoms with E-state index in [1.54, 1.807) is 16.8 Å². The molecule has 1 aliphatic heterocycles. The van der Waals surface area contributed by atoms with Gasteiger partial charge < -0.3 is 10.1 Å². The van der Waals surface area contributed by atoms with Crippen LogP contribution in [0.5, 0.6) is 5.75 Å². The van der Waals surface area contributed by atoms with Crippen LogP contribution in [0.3, 0.4) is 0 Å². The third-order valence-corrected chi connectivity index (χ3v) is 4.74. The minimum atomic E-state index is -0.126. The lowest BCUT2D eigenvalue weighted by molar-refractivity contribution is -0.116. The number of benzene rings is 1. The Morgan fingerprint density at radius 3 is 2.75 bits per heavy atom. The van der Waals surface area contributed by atoms with Crippen molar-refractivity contribution in [1.82, 2.24) is 20.0 Å². The molecule has 0 saturated carbocycles. The lowest BCUT2D eigenvalue weighted by Crippen LogP contribution is -2.25. The van der Waals surface area contributed by atoms with Gasteiger partial charge in [-0.3, -0.25) is 4.79 Å². The van der Waals surface area contributed by atoms with Crippen LogP contribution < -0.4 is 10.1 Å². The van der Waals surface area contributed by atoms with Gasteiger partial charge in [-0.2, -0.15) is 9.78 Å². The van der Waals surface area contributed by atoms with E-state index in [-0.39, 0.29) is 23.6 Å². The second kappa shape index (κ2) is 7.33. The van der Waals surface area contributed by atoms with Crippen LogP contribution in [0.2, 0.25) is 5.15 Å². The SMILES string of the molecule is C#CCOc1ccc([C@H]2CC(=O)Nc3c2c(C)nn3-c2ccc(Cl)nn2)cc1. The summed E-state index contributed by atoms with van der Waals surface area (Å²) in [5.74, 6) is 3.99. The van der Waals surface area contributed by atoms with Crippen molar-refractivity contribution >= 4 is 23.3 Å². The van der Waals surface area contributed by atoms with Gasteiger partial charge in [0.2, 0.25) is 5.91 Å². The number of hydrogen-bond donors (Lipinski definition) is 1. The average Bonchev–Trinajstić information content (AvgIpc) is 3.03. The molecule has 3 aromatic rings. The number of nitrogens with zero attached hydrogens (tertiary/aromatic N) is 4. The first-order valence-corrected chi connectivity index (χ1v) is 9.00. The topological polar surface area (TPSA) is 81.9 Å². The van der Waals surface area contributed by atoms with Gasteiger partial charge in [0.05, 0.1) is 5.69 Å². The number of aromatic nitrogens is 4. The van der Waals surface area contributed by atoms with Crippen LogP contribution in [0.15, 0.2) is 36.4 Å². The predicted molar refractivity (Wildman–Crippen MR) is 105 cm³/mol. The quantitative estimate of drug-likeness (QED) is 0.689. The van der Waals surface area contributed by atoms with Crippen LogP contribution >= 0.6 is 11.6 Å².